The van der Waals surface area contributed by atoms with Crippen LogP contribution in [0, 0.1) is 6.92 Å². The number of likely N-dealkylation sites (N-methyl/N-ethyl adjacent to an activating group) is 1. The zero-order valence-corrected chi connectivity index (χ0v) is 17.1. The summed E-state index contributed by atoms with van der Waals surface area (Å²) in [7, 11) is 2.26. The quantitative estimate of drug-likeness (QED) is 0.806. The summed E-state index contributed by atoms with van der Waals surface area (Å²) in [5.74, 6) is 0. The van der Waals surface area contributed by atoms with Gasteiger partial charge in [0, 0.05) is 50.5 Å². The Morgan fingerprint density at radius 2 is 1.67 bits per heavy atom. The molecular formula is C24H33N3. The van der Waals surface area contributed by atoms with Crippen LogP contribution in [0.15, 0.2) is 48.5 Å². The normalized spacial score (nSPS) is 22.9. The van der Waals surface area contributed by atoms with Crippen LogP contribution in [0.5, 0.6) is 0 Å². The van der Waals surface area contributed by atoms with E-state index in [1.807, 2.05) is 0 Å². The minimum atomic E-state index is 0.683. The number of aryl methyl sites for hydroxylation is 1. The van der Waals surface area contributed by atoms with Crippen molar-refractivity contribution in [3.8, 4) is 11.1 Å². The molecule has 2 aliphatic heterocycles. The summed E-state index contributed by atoms with van der Waals surface area (Å²) in [6, 6.07) is 19.2. The number of nitrogens with zero attached hydrogens (tertiary/aromatic N) is 3. The van der Waals surface area contributed by atoms with Gasteiger partial charge in [0.05, 0.1) is 0 Å². The minimum absolute atomic E-state index is 0.683. The van der Waals surface area contributed by atoms with Gasteiger partial charge < -0.3 is 9.80 Å². The Hall–Kier alpha value is -1.84. The molecule has 2 aromatic rings. The maximum absolute atomic E-state index is 2.74. The number of hydrogen-bond acceptors (Lipinski definition) is 3. The Bertz CT molecular complexity index is 764. The Morgan fingerprint density at radius 1 is 0.889 bits per heavy atom. The van der Waals surface area contributed by atoms with E-state index in [1.54, 1.807) is 0 Å². The van der Waals surface area contributed by atoms with Crippen LogP contribution in [0.2, 0.25) is 0 Å². The molecule has 0 spiro atoms. The molecule has 0 radical (unpaired) electrons. The minimum Gasteiger partial charge on any atom is -0.371 e. The first-order valence-corrected chi connectivity index (χ1v) is 10.5. The smallest absolute Gasteiger partial charge is 0.0372 e. The summed E-state index contributed by atoms with van der Waals surface area (Å²) < 4.78 is 0. The second kappa shape index (κ2) is 8.04. The lowest BCUT2D eigenvalue weighted by atomic mass is 9.98. The molecule has 2 saturated heterocycles. The van der Waals surface area contributed by atoms with Crippen molar-refractivity contribution in [3.63, 3.8) is 0 Å². The number of rotatable bonds is 3. The van der Waals surface area contributed by atoms with Gasteiger partial charge in [-0.3, -0.25) is 4.90 Å². The van der Waals surface area contributed by atoms with E-state index in [0.717, 1.165) is 6.04 Å². The van der Waals surface area contributed by atoms with Gasteiger partial charge >= 0.3 is 0 Å². The van der Waals surface area contributed by atoms with Crippen LogP contribution in [-0.2, 0) is 0 Å². The van der Waals surface area contributed by atoms with Gasteiger partial charge in [-0.15, -0.1) is 0 Å². The Morgan fingerprint density at radius 3 is 2.41 bits per heavy atom. The highest BCUT2D eigenvalue weighted by Crippen LogP contribution is 2.29. The molecule has 2 aromatic carbocycles. The zero-order valence-electron chi connectivity index (χ0n) is 17.1. The van der Waals surface area contributed by atoms with Crippen LogP contribution in [0.3, 0.4) is 0 Å². The highest BCUT2D eigenvalue weighted by Gasteiger charge is 2.29. The van der Waals surface area contributed by atoms with Crippen LogP contribution in [0.4, 0.5) is 5.69 Å². The van der Waals surface area contributed by atoms with E-state index in [0.29, 0.717) is 6.04 Å². The van der Waals surface area contributed by atoms with Gasteiger partial charge in [0.15, 0.2) is 0 Å². The molecule has 27 heavy (non-hydrogen) atoms. The molecule has 2 heterocycles. The van der Waals surface area contributed by atoms with Crippen LogP contribution >= 0.6 is 0 Å². The predicted octanol–water partition coefficient (Wildman–Crippen LogP) is 4.27. The average molecular weight is 364 g/mol. The lowest BCUT2D eigenvalue weighted by Gasteiger charge is -2.45. The van der Waals surface area contributed by atoms with E-state index >= 15 is 0 Å². The van der Waals surface area contributed by atoms with Gasteiger partial charge in [-0.1, -0.05) is 36.4 Å². The maximum atomic E-state index is 2.74. The van der Waals surface area contributed by atoms with Crippen molar-refractivity contribution in [3.05, 3.63) is 54.1 Å². The van der Waals surface area contributed by atoms with Crippen LogP contribution in [0.1, 0.15) is 25.3 Å². The van der Waals surface area contributed by atoms with E-state index in [4.69, 9.17) is 0 Å². The largest absolute Gasteiger partial charge is 0.371 e. The summed E-state index contributed by atoms with van der Waals surface area (Å²) in [5, 5.41) is 0. The second-order valence-electron chi connectivity index (χ2n) is 8.41. The number of hydrogen-bond donors (Lipinski definition) is 0. The first-order chi connectivity index (χ1) is 13.1. The molecule has 0 N–H and O–H groups in total. The maximum Gasteiger partial charge on any atom is 0.0372 e. The summed E-state index contributed by atoms with van der Waals surface area (Å²) in [5.41, 5.74) is 5.40. The lowest BCUT2D eigenvalue weighted by molar-refractivity contribution is 0.0627. The van der Waals surface area contributed by atoms with Crippen molar-refractivity contribution in [1.82, 2.24) is 9.80 Å². The highest BCUT2D eigenvalue weighted by atomic mass is 15.3. The van der Waals surface area contributed by atoms with Crippen molar-refractivity contribution in [2.24, 2.45) is 0 Å². The topological polar surface area (TPSA) is 9.72 Å². The second-order valence-corrected chi connectivity index (χ2v) is 8.41. The average Bonchev–Trinajstić information content (AvgIpc) is 2.71. The van der Waals surface area contributed by atoms with Crippen molar-refractivity contribution in [2.75, 3.05) is 44.7 Å². The molecule has 144 valence electrons. The van der Waals surface area contributed by atoms with Crippen LogP contribution < -0.4 is 4.90 Å². The third-order valence-electron chi connectivity index (χ3n) is 6.64. The molecule has 3 heteroatoms. The Kier molecular flexibility index (Phi) is 5.51. The molecule has 0 saturated carbocycles. The molecular weight excluding hydrogens is 330 g/mol. The fourth-order valence-corrected chi connectivity index (χ4v) is 4.66. The van der Waals surface area contributed by atoms with Gasteiger partial charge in [-0.25, -0.2) is 0 Å². The van der Waals surface area contributed by atoms with E-state index in [2.05, 4.69) is 84.1 Å². The zero-order chi connectivity index (χ0) is 18.8. The fourth-order valence-electron chi connectivity index (χ4n) is 4.66. The van der Waals surface area contributed by atoms with Gasteiger partial charge in [0.25, 0.3) is 0 Å². The lowest BCUT2D eigenvalue weighted by Crippen LogP contribution is -2.55. The van der Waals surface area contributed by atoms with E-state index < -0.39 is 0 Å². The van der Waals surface area contributed by atoms with Crippen LogP contribution in [-0.4, -0.2) is 61.7 Å². The first kappa shape index (κ1) is 18.5. The molecule has 0 bridgehead atoms. The standard InChI is InChI=1S/C24H33N3/c1-19-7-4-5-10-24(19)21-8-6-9-23(17-21)26-13-11-22(12-14-26)27-16-15-25(3)20(2)18-27/h4-10,17,20,22H,11-16,18H2,1-3H3/t20-/m1/s1. The fraction of sp³-hybridized carbons (Fsp3) is 0.500. The molecule has 2 fully saturated rings. The number of piperidine rings is 1. The van der Waals surface area contributed by atoms with E-state index in [9.17, 15) is 0 Å². The van der Waals surface area contributed by atoms with Crippen molar-refractivity contribution >= 4 is 5.69 Å². The van der Waals surface area contributed by atoms with Gasteiger partial charge in [0.1, 0.15) is 0 Å². The molecule has 0 aromatic heterocycles. The van der Waals surface area contributed by atoms with Crippen molar-refractivity contribution < 1.29 is 0 Å². The number of anilines is 1. The molecule has 0 aliphatic carbocycles. The third-order valence-corrected chi connectivity index (χ3v) is 6.64. The van der Waals surface area contributed by atoms with Crippen LogP contribution in [0.25, 0.3) is 11.1 Å². The summed E-state index contributed by atoms with van der Waals surface area (Å²) in [6.07, 6.45) is 2.57. The van der Waals surface area contributed by atoms with Gasteiger partial charge in [-0.2, -0.15) is 0 Å². The molecule has 1 atom stereocenters. The highest BCUT2D eigenvalue weighted by molar-refractivity contribution is 5.71. The molecule has 3 nitrogen and oxygen atoms in total. The number of piperazine rings is 1. The van der Waals surface area contributed by atoms with E-state index in [-0.39, 0.29) is 0 Å². The molecule has 2 aliphatic rings. The van der Waals surface area contributed by atoms with Gasteiger partial charge in [0.2, 0.25) is 0 Å². The SMILES string of the molecule is Cc1ccccc1-c1cccc(N2CCC(N3CCN(C)[C@H](C)C3)CC2)c1. The van der Waals surface area contributed by atoms with Crippen molar-refractivity contribution in [1.29, 1.82) is 0 Å². The third kappa shape index (κ3) is 4.04. The molecule has 0 amide bonds. The van der Waals surface area contributed by atoms with Gasteiger partial charge in [-0.05, 0) is 62.6 Å². The van der Waals surface area contributed by atoms with Crippen molar-refractivity contribution in [2.45, 2.75) is 38.8 Å². The first-order valence-electron chi connectivity index (χ1n) is 10.5. The summed E-state index contributed by atoms with van der Waals surface area (Å²) in [4.78, 5) is 7.81. The van der Waals surface area contributed by atoms with E-state index in [1.165, 1.54) is 67.9 Å². The number of benzene rings is 2. The monoisotopic (exact) mass is 363 g/mol. The Balaban J connectivity index is 1.42. The predicted molar refractivity (Wildman–Crippen MR) is 116 cm³/mol. The summed E-state index contributed by atoms with van der Waals surface area (Å²) in [6.45, 7) is 10.6. The Labute approximate surface area is 164 Å². The molecule has 0 unspecified atom stereocenters. The summed E-state index contributed by atoms with van der Waals surface area (Å²) >= 11 is 0. The molecule has 4 rings (SSSR count).